The molecule has 0 radical (unpaired) electrons. The van der Waals surface area contributed by atoms with Gasteiger partial charge in [0.1, 0.15) is 23.0 Å². The summed E-state index contributed by atoms with van der Waals surface area (Å²) in [6.07, 6.45) is 1.97. The van der Waals surface area contributed by atoms with Crippen molar-refractivity contribution in [2.24, 2.45) is 0 Å². The Morgan fingerprint density at radius 1 is 1.50 bits per heavy atom. The standard InChI is InChI=1S/C12H15N3O2S/c1-4-8(12(16)17)15-10-9-6(2)7(3)18-11(9)14-5-13-10/h5,8H,4H2,1-3H3,(H,16,17)(H,13,14,15). The maximum absolute atomic E-state index is 11.1. The summed E-state index contributed by atoms with van der Waals surface area (Å²) in [5.41, 5.74) is 1.11. The molecule has 0 spiro atoms. The topological polar surface area (TPSA) is 75.1 Å². The molecule has 0 saturated heterocycles. The summed E-state index contributed by atoms with van der Waals surface area (Å²) in [5, 5.41) is 13.0. The van der Waals surface area contributed by atoms with Crippen molar-refractivity contribution in [1.29, 1.82) is 0 Å². The summed E-state index contributed by atoms with van der Waals surface area (Å²) >= 11 is 1.60. The molecule has 0 aliphatic carbocycles. The number of thiophene rings is 1. The third kappa shape index (κ3) is 2.15. The first-order chi connectivity index (χ1) is 8.54. The lowest BCUT2D eigenvalue weighted by molar-refractivity contribution is -0.137. The summed E-state index contributed by atoms with van der Waals surface area (Å²) < 4.78 is 0. The molecule has 2 rings (SSSR count). The van der Waals surface area contributed by atoms with Gasteiger partial charge in [0.25, 0.3) is 0 Å². The van der Waals surface area contributed by atoms with Crippen molar-refractivity contribution in [2.75, 3.05) is 5.32 Å². The van der Waals surface area contributed by atoms with Gasteiger partial charge in [0.05, 0.1) is 5.39 Å². The van der Waals surface area contributed by atoms with Crippen molar-refractivity contribution in [3.8, 4) is 0 Å². The predicted molar refractivity (Wildman–Crippen MR) is 72.2 cm³/mol. The van der Waals surface area contributed by atoms with Crippen molar-refractivity contribution >= 4 is 33.3 Å². The SMILES string of the molecule is CCC(Nc1ncnc2sc(C)c(C)c12)C(=O)O. The Balaban J connectivity index is 2.47. The van der Waals surface area contributed by atoms with E-state index in [2.05, 4.69) is 15.3 Å². The van der Waals surface area contributed by atoms with E-state index >= 15 is 0 Å². The van der Waals surface area contributed by atoms with Gasteiger partial charge in [0.15, 0.2) is 0 Å². The highest BCUT2D eigenvalue weighted by Crippen LogP contribution is 2.32. The Hall–Kier alpha value is -1.69. The van der Waals surface area contributed by atoms with Crippen LogP contribution in [-0.2, 0) is 4.79 Å². The van der Waals surface area contributed by atoms with Gasteiger partial charge in [-0.15, -0.1) is 11.3 Å². The average Bonchev–Trinajstić information content (AvgIpc) is 2.62. The van der Waals surface area contributed by atoms with Crippen LogP contribution >= 0.6 is 11.3 Å². The molecule has 96 valence electrons. The van der Waals surface area contributed by atoms with Crippen LogP contribution in [0.25, 0.3) is 10.2 Å². The molecule has 18 heavy (non-hydrogen) atoms. The van der Waals surface area contributed by atoms with Crippen LogP contribution in [0.3, 0.4) is 0 Å². The first-order valence-electron chi connectivity index (χ1n) is 5.74. The van der Waals surface area contributed by atoms with Crippen LogP contribution in [0.2, 0.25) is 0 Å². The lowest BCUT2D eigenvalue weighted by Gasteiger charge is -2.13. The Kier molecular flexibility index (Phi) is 3.47. The van der Waals surface area contributed by atoms with Crippen molar-refractivity contribution < 1.29 is 9.90 Å². The monoisotopic (exact) mass is 265 g/mol. The number of aliphatic carboxylic acids is 1. The first-order valence-corrected chi connectivity index (χ1v) is 6.56. The second-order valence-electron chi connectivity index (χ2n) is 4.13. The second kappa shape index (κ2) is 4.89. The Bertz CT molecular complexity index is 594. The van der Waals surface area contributed by atoms with E-state index in [1.165, 1.54) is 11.2 Å². The summed E-state index contributed by atoms with van der Waals surface area (Å²) in [6, 6.07) is -0.622. The van der Waals surface area contributed by atoms with Gasteiger partial charge in [-0.2, -0.15) is 0 Å². The summed E-state index contributed by atoms with van der Waals surface area (Å²) in [6.45, 7) is 5.86. The lowest BCUT2D eigenvalue weighted by Crippen LogP contribution is -2.28. The number of carboxylic acid groups (broad SMARTS) is 1. The van der Waals surface area contributed by atoms with Crippen LogP contribution in [0.4, 0.5) is 5.82 Å². The average molecular weight is 265 g/mol. The van der Waals surface area contributed by atoms with Gasteiger partial charge in [-0.05, 0) is 25.8 Å². The van der Waals surface area contributed by atoms with Gasteiger partial charge in [-0.1, -0.05) is 6.92 Å². The number of nitrogens with one attached hydrogen (secondary N) is 1. The largest absolute Gasteiger partial charge is 0.480 e. The highest BCUT2D eigenvalue weighted by molar-refractivity contribution is 7.18. The lowest BCUT2D eigenvalue weighted by atomic mass is 10.2. The molecule has 0 aromatic carbocycles. The maximum Gasteiger partial charge on any atom is 0.326 e. The molecule has 0 amide bonds. The smallest absolute Gasteiger partial charge is 0.326 e. The molecule has 2 aromatic rings. The van der Waals surface area contributed by atoms with E-state index in [1.54, 1.807) is 11.3 Å². The molecule has 1 atom stereocenters. The molecule has 0 fully saturated rings. The van der Waals surface area contributed by atoms with Crippen LogP contribution in [0, 0.1) is 13.8 Å². The predicted octanol–water partition coefficient (Wildman–Crippen LogP) is 2.58. The molecular formula is C12H15N3O2S. The fourth-order valence-electron chi connectivity index (χ4n) is 1.80. The number of fused-ring (bicyclic) bond motifs is 1. The minimum absolute atomic E-state index is 0.503. The van der Waals surface area contributed by atoms with E-state index in [1.807, 2.05) is 20.8 Å². The summed E-state index contributed by atoms with van der Waals surface area (Å²) in [4.78, 5) is 21.5. The van der Waals surface area contributed by atoms with E-state index in [4.69, 9.17) is 5.11 Å². The Morgan fingerprint density at radius 3 is 2.83 bits per heavy atom. The van der Waals surface area contributed by atoms with Crippen molar-refractivity contribution in [3.05, 3.63) is 16.8 Å². The number of hydrogen-bond acceptors (Lipinski definition) is 5. The van der Waals surface area contributed by atoms with Gasteiger partial charge < -0.3 is 10.4 Å². The fraction of sp³-hybridized carbons (Fsp3) is 0.417. The Morgan fingerprint density at radius 2 is 2.22 bits per heavy atom. The number of hydrogen-bond donors (Lipinski definition) is 2. The third-order valence-corrected chi connectivity index (χ3v) is 4.10. The highest BCUT2D eigenvalue weighted by Gasteiger charge is 2.18. The van der Waals surface area contributed by atoms with Crippen LogP contribution in [-0.4, -0.2) is 27.1 Å². The number of anilines is 1. The van der Waals surface area contributed by atoms with Crippen LogP contribution in [0.1, 0.15) is 23.8 Å². The minimum Gasteiger partial charge on any atom is -0.480 e. The number of rotatable bonds is 4. The maximum atomic E-state index is 11.1. The first kappa shape index (κ1) is 12.8. The summed E-state index contributed by atoms with van der Waals surface area (Å²) in [5.74, 6) is -0.259. The van der Waals surface area contributed by atoms with E-state index in [0.717, 1.165) is 15.8 Å². The van der Waals surface area contributed by atoms with Gasteiger partial charge >= 0.3 is 5.97 Å². The molecule has 2 aromatic heterocycles. The number of nitrogens with zero attached hydrogens (tertiary/aromatic N) is 2. The number of aromatic nitrogens is 2. The zero-order valence-corrected chi connectivity index (χ0v) is 11.3. The second-order valence-corrected chi connectivity index (χ2v) is 5.33. The van der Waals surface area contributed by atoms with Crippen LogP contribution in [0.15, 0.2) is 6.33 Å². The molecule has 6 heteroatoms. The Labute approximate surface area is 109 Å². The van der Waals surface area contributed by atoms with Gasteiger partial charge in [-0.3, -0.25) is 0 Å². The van der Waals surface area contributed by atoms with E-state index in [0.29, 0.717) is 12.2 Å². The number of carbonyl (C=O) groups is 1. The zero-order valence-electron chi connectivity index (χ0n) is 10.5. The summed E-state index contributed by atoms with van der Waals surface area (Å²) in [7, 11) is 0. The zero-order chi connectivity index (χ0) is 13.3. The van der Waals surface area contributed by atoms with Gasteiger partial charge in [-0.25, -0.2) is 14.8 Å². The van der Waals surface area contributed by atoms with Gasteiger partial charge in [0.2, 0.25) is 0 Å². The molecule has 0 saturated carbocycles. The molecule has 1 unspecified atom stereocenters. The van der Waals surface area contributed by atoms with E-state index in [-0.39, 0.29) is 0 Å². The van der Waals surface area contributed by atoms with Crippen LogP contribution in [0.5, 0.6) is 0 Å². The van der Waals surface area contributed by atoms with Crippen molar-refractivity contribution in [3.63, 3.8) is 0 Å². The third-order valence-electron chi connectivity index (χ3n) is 2.98. The number of carboxylic acids is 1. The molecule has 0 aliphatic rings. The molecule has 0 aliphatic heterocycles. The van der Waals surface area contributed by atoms with Crippen LogP contribution < -0.4 is 5.32 Å². The molecule has 2 heterocycles. The highest BCUT2D eigenvalue weighted by atomic mass is 32.1. The molecular weight excluding hydrogens is 250 g/mol. The van der Waals surface area contributed by atoms with E-state index in [9.17, 15) is 4.79 Å². The van der Waals surface area contributed by atoms with Crippen molar-refractivity contribution in [1.82, 2.24) is 9.97 Å². The van der Waals surface area contributed by atoms with E-state index < -0.39 is 12.0 Å². The van der Waals surface area contributed by atoms with Gasteiger partial charge in [0, 0.05) is 4.88 Å². The minimum atomic E-state index is -0.867. The molecule has 2 N–H and O–H groups in total. The van der Waals surface area contributed by atoms with Crippen molar-refractivity contribution in [2.45, 2.75) is 33.2 Å². The molecule has 5 nitrogen and oxygen atoms in total. The number of aryl methyl sites for hydroxylation is 2. The fourth-order valence-corrected chi connectivity index (χ4v) is 2.79. The molecule has 0 bridgehead atoms. The quantitative estimate of drug-likeness (QED) is 0.888. The normalized spacial score (nSPS) is 12.6.